The van der Waals surface area contributed by atoms with Gasteiger partial charge in [-0.05, 0) is 37.5 Å². The second-order valence-electron chi connectivity index (χ2n) is 6.13. The number of aliphatic hydroxyl groups excluding tert-OH is 1. The van der Waals surface area contributed by atoms with Gasteiger partial charge in [0.25, 0.3) is 0 Å². The van der Waals surface area contributed by atoms with Crippen LogP contribution in [0, 0.1) is 17.8 Å². The van der Waals surface area contributed by atoms with Crippen LogP contribution < -0.4 is 4.72 Å². The van der Waals surface area contributed by atoms with Crippen molar-refractivity contribution < 1.29 is 23.1 Å². The van der Waals surface area contributed by atoms with Crippen molar-refractivity contribution in [2.45, 2.75) is 43.8 Å². The summed E-state index contributed by atoms with van der Waals surface area (Å²) in [5.74, 6) is -0.600. The first-order valence-corrected chi connectivity index (χ1v) is 9.21. The molecule has 0 saturated heterocycles. The number of hydrogen-bond acceptors (Lipinski definition) is 5. The molecular weight excluding hydrogens is 294 g/mol. The number of rotatable bonds is 6. The number of sulfonamides is 1. The fraction of sp³-hybridized carbons (Fsp3) is 0.929. The Balaban J connectivity index is 1.96. The Hall–Kier alpha value is -0.660. The average molecular weight is 319 g/mol. The van der Waals surface area contributed by atoms with Crippen molar-refractivity contribution in [2.75, 3.05) is 20.3 Å². The van der Waals surface area contributed by atoms with E-state index in [-0.39, 0.29) is 18.4 Å². The molecule has 21 heavy (non-hydrogen) atoms. The number of ether oxygens (including phenoxy) is 1. The molecule has 2 aliphatic rings. The van der Waals surface area contributed by atoms with E-state index in [1.165, 1.54) is 7.11 Å². The summed E-state index contributed by atoms with van der Waals surface area (Å²) in [7, 11) is -2.22. The van der Waals surface area contributed by atoms with Crippen molar-refractivity contribution in [1.29, 1.82) is 0 Å². The van der Waals surface area contributed by atoms with Crippen molar-refractivity contribution in [3.8, 4) is 0 Å². The maximum absolute atomic E-state index is 12.4. The highest BCUT2D eigenvalue weighted by Gasteiger charge is 2.42. The lowest BCUT2D eigenvalue weighted by Gasteiger charge is -2.22. The minimum absolute atomic E-state index is 0.112. The van der Waals surface area contributed by atoms with Crippen LogP contribution in [0.2, 0.25) is 0 Å². The average Bonchev–Trinajstić information content (AvgIpc) is 3.12. The van der Waals surface area contributed by atoms with E-state index in [1.807, 2.05) is 0 Å². The second-order valence-corrected chi connectivity index (χ2v) is 8.11. The molecule has 0 heterocycles. The third-order valence-electron chi connectivity index (χ3n) is 4.95. The highest BCUT2D eigenvalue weighted by Crippen LogP contribution is 2.33. The predicted molar refractivity (Wildman–Crippen MR) is 78.0 cm³/mol. The Labute approximate surface area is 126 Å². The van der Waals surface area contributed by atoms with Gasteiger partial charge in [-0.2, -0.15) is 0 Å². The highest BCUT2D eigenvalue weighted by atomic mass is 32.2. The molecule has 7 heteroatoms. The van der Waals surface area contributed by atoms with Gasteiger partial charge >= 0.3 is 5.97 Å². The Kier molecular flexibility index (Phi) is 5.62. The molecule has 2 saturated carbocycles. The fourth-order valence-electron chi connectivity index (χ4n) is 3.67. The van der Waals surface area contributed by atoms with Crippen LogP contribution in [0.15, 0.2) is 0 Å². The first-order chi connectivity index (χ1) is 9.99. The number of hydrogen-bond donors (Lipinski definition) is 2. The SMILES string of the molecule is COC(=O)C1CCCC1S(=O)(=O)NCC1CCCC1CO. The van der Waals surface area contributed by atoms with Crippen LogP contribution in [0.25, 0.3) is 0 Å². The molecule has 0 spiro atoms. The van der Waals surface area contributed by atoms with Gasteiger partial charge in [0, 0.05) is 13.2 Å². The van der Waals surface area contributed by atoms with Crippen molar-refractivity contribution in [3.05, 3.63) is 0 Å². The molecule has 2 aliphatic carbocycles. The molecule has 0 aromatic heterocycles. The van der Waals surface area contributed by atoms with Crippen LogP contribution >= 0.6 is 0 Å². The van der Waals surface area contributed by atoms with E-state index in [9.17, 15) is 18.3 Å². The molecule has 6 nitrogen and oxygen atoms in total. The molecule has 0 bridgehead atoms. The van der Waals surface area contributed by atoms with Crippen molar-refractivity contribution in [2.24, 2.45) is 17.8 Å². The quantitative estimate of drug-likeness (QED) is 0.702. The molecule has 2 fully saturated rings. The summed E-state index contributed by atoms with van der Waals surface area (Å²) in [5, 5.41) is 8.60. The monoisotopic (exact) mass is 319 g/mol. The van der Waals surface area contributed by atoms with E-state index in [2.05, 4.69) is 4.72 Å². The minimum atomic E-state index is -3.52. The molecule has 4 atom stereocenters. The van der Waals surface area contributed by atoms with E-state index in [4.69, 9.17) is 4.74 Å². The predicted octanol–water partition coefficient (Wildman–Crippen LogP) is 0.656. The molecule has 0 aromatic carbocycles. The van der Waals surface area contributed by atoms with Crippen molar-refractivity contribution in [1.82, 2.24) is 4.72 Å². The Morgan fingerprint density at radius 3 is 2.52 bits per heavy atom. The number of methoxy groups -OCH3 is 1. The zero-order valence-electron chi connectivity index (χ0n) is 12.5. The Morgan fingerprint density at radius 1 is 1.19 bits per heavy atom. The molecule has 2 rings (SSSR count). The van der Waals surface area contributed by atoms with Gasteiger partial charge in [-0.25, -0.2) is 13.1 Å². The molecule has 0 aliphatic heterocycles. The summed E-state index contributed by atoms with van der Waals surface area (Å²) in [6.07, 6.45) is 4.74. The van der Waals surface area contributed by atoms with Crippen molar-refractivity contribution >= 4 is 16.0 Å². The third kappa shape index (κ3) is 3.76. The number of carbonyl (C=O) groups is 1. The Morgan fingerprint density at radius 2 is 1.86 bits per heavy atom. The van der Waals surface area contributed by atoms with Crippen LogP contribution in [-0.4, -0.2) is 45.0 Å². The van der Waals surface area contributed by atoms with E-state index in [0.717, 1.165) is 25.7 Å². The topological polar surface area (TPSA) is 92.7 Å². The van der Waals surface area contributed by atoms with Crippen molar-refractivity contribution in [3.63, 3.8) is 0 Å². The van der Waals surface area contributed by atoms with E-state index in [0.29, 0.717) is 19.4 Å². The van der Waals surface area contributed by atoms with E-state index < -0.39 is 27.2 Å². The maximum Gasteiger partial charge on any atom is 0.310 e. The minimum Gasteiger partial charge on any atom is -0.469 e. The largest absolute Gasteiger partial charge is 0.469 e. The number of nitrogens with one attached hydrogen (secondary N) is 1. The summed E-state index contributed by atoms with van der Waals surface area (Å²) in [6, 6.07) is 0. The lowest BCUT2D eigenvalue weighted by Crippen LogP contribution is -2.41. The molecule has 2 N–H and O–H groups in total. The molecule has 122 valence electrons. The molecule has 4 unspecified atom stereocenters. The van der Waals surface area contributed by atoms with Gasteiger partial charge in [-0.15, -0.1) is 0 Å². The third-order valence-corrected chi connectivity index (χ3v) is 6.88. The van der Waals surface area contributed by atoms with Gasteiger partial charge in [-0.3, -0.25) is 4.79 Å². The zero-order valence-corrected chi connectivity index (χ0v) is 13.3. The summed E-state index contributed by atoms with van der Waals surface area (Å²) in [5.41, 5.74) is 0. The molecule has 0 amide bonds. The zero-order chi connectivity index (χ0) is 15.5. The van der Waals surface area contributed by atoms with Crippen LogP contribution in [0.1, 0.15) is 38.5 Å². The lowest BCUT2D eigenvalue weighted by molar-refractivity contribution is -0.145. The number of carbonyl (C=O) groups excluding carboxylic acids is 1. The first-order valence-electron chi connectivity index (χ1n) is 7.66. The fourth-order valence-corrected chi connectivity index (χ4v) is 5.49. The number of esters is 1. The number of aliphatic hydroxyl groups is 1. The highest BCUT2D eigenvalue weighted by molar-refractivity contribution is 7.90. The Bertz CT molecular complexity index is 464. The van der Waals surface area contributed by atoms with Crippen LogP contribution in [0.3, 0.4) is 0 Å². The smallest absolute Gasteiger partial charge is 0.310 e. The summed E-state index contributed by atoms with van der Waals surface area (Å²) >= 11 is 0. The normalized spacial score (nSPS) is 33.2. The lowest BCUT2D eigenvalue weighted by atomic mass is 9.97. The van der Waals surface area contributed by atoms with Gasteiger partial charge in [0.05, 0.1) is 18.3 Å². The van der Waals surface area contributed by atoms with Crippen LogP contribution in [0.4, 0.5) is 0 Å². The van der Waals surface area contributed by atoms with Gasteiger partial charge in [0.2, 0.25) is 10.0 Å². The summed E-state index contributed by atoms with van der Waals surface area (Å²) < 4.78 is 32.2. The summed E-state index contributed by atoms with van der Waals surface area (Å²) in [4.78, 5) is 11.7. The molecule has 0 radical (unpaired) electrons. The summed E-state index contributed by atoms with van der Waals surface area (Å²) in [6.45, 7) is 0.471. The standard InChI is InChI=1S/C14H25NO5S/c1-20-14(17)12-6-3-7-13(12)21(18,19)15-8-10-4-2-5-11(10)9-16/h10-13,15-16H,2-9H2,1H3. The van der Waals surface area contributed by atoms with E-state index in [1.54, 1.807) is 0 Å². The van der Waals surface area contributed by atoms with E-state index >= 15 is 0 Å². The van der Waals surface area contributed by atoms with Gasteiger partial charge < -0.3 is 9.84 Å². The maximum atomic E-state index is 12.4. The van der Waals surface area contributed by atoms with Gasteiger partial charge in [0.1, 0.15) is 0 Å². The van der Waals surface area contributed by atoms with Gasteiger partial charge in [-0.1, -0.05) is 12.8 Å². The van der Waals surface area contributed by atoms with Gasteiger partial charge in [0.15, 0.2) is 0 Å². The van der Waals surface area contributed by atoms with Crippen LogP contribution in [-0.2, 0) is 19.6 Å². The molecule has 0 aromatic rings. The van der Waals surface area contributed by atoms with Crippen LogP contribution in [0.5, 0.6) is 0 Å². The second kappa shape index (κ2) is 7.07. The molecular formula is C14H25NO5S. The first kappa shape index (κ1) is 16.7.